The normalized spacial score (nSPS) is 20.4. The smallest absolute Gasteiger partial charge is 0.0334 e. The Morgan fingerprint density at radius 2 is 1.05 bits per heavy atom. The largest absolute Gasteiger partial charge is 0.0651 e. The minimum Gasteiger partial charge on any atom is -0.0651 e. The molecule has 0 aliphatic heterocycles. The highest BCUT2D eigenvalue weighted by atomic mass is 14.4. The summed E-state index contributed by atoms with van der Waals surface area (Å²) in [5.41, 5.74) is 0. The van der Waals surface area contributed by atoms with Crippen LogP contribution in [-0.4, -0.2) is 0 Å². The van der Waals surface area contributed by atoms with Crippen LogP contribution in [0.25, 0.3) is 0 Å². The number of rotatable bonds is 9. The summed E-state index contributed by atoms with van der Waals surface area (Å²) in [5, 5.41) is 0. The van der Waals surface area contributed by atoms with Crippen molar-refractivity contribution in [2.24, 2.45) is 41.4 Å². The molecule has 0 radical (unpaired) electrons. The van der Waals surface area contributed by atoms with Crippen molar-refractivity contribution in [3.05, 3.63) is 0 Å². The zero-order valence-corrected chi connectivity index (χ0v) is 15.2. The van der Waals surface area contributed by atoms with Crippen LogP contribution < -0.4 is 0 Å². The highest BCUT2D eigenvalue weighted by Gasteiger charge is 2.33. The molecule has 0 aliphatic rings. The number of hydrogen-bond acceptors (Lipinski definition) is 0. The van der Waals surface area contributed by atoms with E-state index in [9.17, 15) is 0 Å². The van der Waals surface area contributed by atoms with Gasteiger partial charge in [-0.05, 0) is 41.4 Å². The van der Waals surface area contributed by atoms with Gasteiger partial charge in [0.05, 0.1) is 0 Å². The Morgan fingerprint density at radius 1 is 0.579 bits per heavy atom. The molecule has 0 spiro atoms. The predicted octanol–water partition coefficient (Wildman–Crippen LogP) is 6.65. The third kappa shape index (κ3) is 5.12. The summed E-state index contributed by atoms with van der Waals surface area (Å²) in [7, 11) is 0. The van der Waals surface area contributed by atoms with Crippen molar-refractivity contribution in [2.45, 2.75) is 81.6 Å². The summed E-state index contributed by atoms with van der Waals surface area (Å²) in [6.07, 6.45) is 4.00. The molecule has 0 heterocycles. The van der Waals surface area contributed by atoms with Crippen LogP contribution in [0.2, 0.25) is 0 Å². The first kappa shape index (κ1) is 19.0. The van der Waals surface area contributed by atoms with E-state index in [1.54, 1.807) is 0 Å². The molecule has 0 aromatic rings. The summed E-state index contributed by atoms with van der Waals surface area (Å²) in [5.74, 6) is 5.98. The summed E-state index contributed by atoms with van der Waals surface area (Å²) >= 11 is 0. The molecule has 0 bridgehead atoms. The average molecular weight is 269 g/mol. The molecule has 0 aromatic carbocycles. The summed E-state index contributed by atoms with van der Waals surface area (Å²) < 4.78 is 0. The molecule has 0 saturated carbocycles. The van der Waals surface area contributed by atoms with Gasteiger partial charge < -0.3 is 0 Å². The minimum atomic E-state index is 0.812. The van der Waals surface area contributed by atoms with E-state index >= 15 is 0 Å². The Hall–Kier alpha value is 0. The van der Waals surface area contributed by atoms with E-state index in [4.69, 9.17) is 0 Å². The van der Waals surface area contributed by atoms with Gasteiger partial charge in [-0.2, -0.15) is 0 Å². The Balaban J connectivity index is 4.93. The molecule has 0 saturated heterocycles. The first-order valence-corrected chi connectivity index (χ1v) is 8.81. The van der Waals surface area contributed by atoms with Crippen LogP contribution in [0.3, 0.4) is 0 Å². The van der Waals surface area contributed by atoms with Crippen LogP contribution in [0.5, 0.6) is 0 Å². The predicted molar refractivity (Wildman–Crippen MR) is 89.3 cm³/mol. The third-order valence-electron chi connectivity index (χ3n) is 6.17. The van der Waals surface area contributed by atoms with Gasteiger partial charge in [0.1, 0.15) is 0 Å². The molecule has 5 atom stereocenters. The molecule has 0 nitrogen and oxygen atoms in total. The molecule has 19 heavy (non-hydrogen) atoms. The van der Waals surface area contributed by atoms with Gasteiger partial charge in [0.2, 0.25) is 0 Å². The zero-order valence-electron chi connectivity index (χ0n) is 15.2. The van der Waals surface area contributed by atoms with Gasteiger partial charge in [0, 0.05) is 0 Å². The monoisotopic (exact) mass is 268 g/mol. The van der Waals surface area contributed by atoms with Crippen LogP contribution in [0.1, 0.15) is 81.6 Å². The van der Waals surface area contributed by atoms with Gasteiger partial charge in [0.25, 0.3) is 0 Å². The third-order valence-corrected chi connectivity index (χ3v) is 6.17. The Bertz CT molecular complexity index is 214. The van der Waals surface area contributed by atoms with Crippen molar-refractivity contribution in [1.29, 1.82) is 0 Å². The van der Waals surface area contributed by atoms with Crippen molar-refractivity contribution in [3.8, 4) is 0 Å². The molecular formula is C19H40. The topological polar surface area (TPSA) is 0 Å². The lowest BCUT2D eigenvalue weighted by atomic mass is 9.65. The summed E-state index contributed by atoms with van der Waals surface area (Å²) in [4.78, 5) is 0. The zero-order chi connectivity index (χ0) is 15.2. The quantitative estimate of drug-likeness (QED) is 0.439. The summed E-state index contributed by atoms with van der Waals surface area (Å²) in [6.45, 7) is 21.9. The van der Waals surface area contributed by atoms with Crippen LogP contribution in [-0.2, 0) is 0 Å². The van der Waals surface area contributed by atoms with Crippen molar-refractivity contribution in [2.75, 3.05) is 0 Å². The fraction of sp³-hybridized carbons (Fsp3) is 1.00. The maximum absolute atomic E-state index is 2.52. The lowest BCUT2D eigenvalue weighted by Crippen LogP contribution is -2.33. The molecule has 0 heteroatoms. The fourth-order valence-corrected chi connectivity index (χ4v) is 4.13. The van der Waals surface area contributed by atoms with Crippen LogP contribution >= 0.6 is 0 Å². The van der Waals surface area contributed by atoms with E-state index in [0.717, 1.165) is 41.4 Å². The molecule has 0 aliphatic carbocycles. The fourth-order valence-electron chi connectivity index (χ4n) is 4.13. The van der Waals surface area contributed by atoms with E-state index in [2.05, 4.69) is 62.3 Å². The van der Waals surface area contributed by atoms with Gasteiger partial charge in [-0.3, -0.25) is 0 Å². The van der Waals surface area contributed by atoms with E-state index < -0.39 is 0 Å². The minimum absolute atomic E-state index is 0.812. The molecule has 0 rings (SSSR count). The highest BCUT2D eigenvalue weighted by molar-refractivity contribution is 4.82. The Kier molecular flexibility index (Phi) is 9.03. The molecule has 0 N–H and O–H groups in total. The molecule has 0 amide bonds. The first-order chi connectivity index (χ1) is 8.81. The highest BCUT2D eigenvalue weighted by Crippen LogP contribution is 2.40. The van der Waals surface area contributed by atoms with Crippen molar-refractivity contribution in [1.82, 2.24) is 0 Å². The lowest BCUT2D eigenvalue weighted by Gasteiger charge is -2.40. The van der Waals surface area contributed by atoms with Gasteiger partial charge in [-0.25, -0.2) is 0 Å². The van der Waals surface area contributed by atoms with Crippen molar-refractivity contribution < 1.29 is 0 Å². The SMILES string of the molecule is CCC(C)C(C)C(C)C(C)C(C(C)C)C(CC)CC. The van der Waals surface area contributed by atoms with Gasteiger partial charge in [-0.1, -0.05) is 81.6 Å². The van der Waals surface area contributed by atoms with Crippen LogP contribution in [0.4, 0.5) is 0 Å². The van der Waals surface area contributed by atoms with E-state index in [-0.39, 0.29) is 0 Å². The van der Waals surface area contributed by atoms with E-state index in [0.29, 0.717) is 0 Å². The van der Waals surface area contributed by atoms with Gasteiger partial charge in [-0.15, -0.1) is 0 Å². The maximum Gasteiger partial charge on any atom is -0.0334 e. The molecule has 0 aromatic heterocycles. The Labute approximate surface area is 123 Å². The lowest BCUT2D eigenvalue weighted by molar-refractivity contribution is 0.0853. The standard InChI is InChI=1S/C19H40/c1-10-14(6)15(7)16(8)17(9)19(13(4)5)18(11-2)12-3/h13-19H,10-12H2,1-9H3. The van der Waals surface area contributed by atoms with E-state index in [1.165, 1.54) is 19.3 Å². The van der Waals surface area contributed by atoms with Gasteiger partial charge in [0.15, 0.2) is 0 Å². The van der Waals surface area contributed by atoms with E-state index in [1.807, 2.05) is 0 Å². The maximum atomic E-state index is 2.52. The second kappa shape index (κ2) is 9.03. The van der Waals surface area contributed by atoms with Gasteiger partial charge >= 0.3 is 0 Å². The average Bonchev–Trinajstić information content (AvgIpc) is 2.40. The first-order valence-electron chi connectivity index (χ1n) is 8.81. The molecule has 116 valence electrons. The van der Waals surface area contributed by atoms with Crippen molar-refractivity contribution in [3.63, 3.8) is 0 Å². The Morgan fingerprint density at radius 3 is 1.37 bits per heavy atom. The second-order valence-corrected chi connectivity index (χ2v) is 7.36. The molecule has 0 fully saturated rings. The molecule has 5 unspecified atom stereocenters. The van der Waals surface area contributed by atoms with Crippen molar-refractivity contribution >= 4 is 0 Å². The molecular weight excluding hydrogens is 228 g/mol. The van der Waals surface area contributed by atoms with Crippen LogP contribution in [0, 0.1) is 41.4 Å². The van der Waals surface area contributed by atoms with Crippen LogP contribution in [0.15, 0.2) is 0 Å². The number of hydrogen-bond donors (Lipinski definition) is 0. The second-order valence-electron chi connectivity index (χ2n) is 7.36. The summed E-state index contributed by atoms with van der Waals surface area (Å²) in [6, 6.07) is 0.